The predicted octanol–water partition coefficient (Wildman–Crippen LogP) is 3.99. The maximum Gasteiger partial charge on any atom is 0.573 e. The Bertz CT molecular complexity index is 747. The highest BCUT2D eigenvalue weighted by molar-refractivity contribution is 7.14. The fraction of sp³-hybridized carbons (Fsp3) is 0.389. The minimum atomic E-state index is -4.76. The van der Waals surface area contributed by atoms with Crippen LogP contribution in [-0.4, -0.2) is 23.9 Å². The maximum atomic E-state index is 12.3. The Morgan fingerprint density at radius 2 is 1.92 bits per heavy atom. The van der Waals surface area contributed by atoms with Crippen molar-refractivity contribution >= 4 is 17.2 Å². The monoisotopic (exact) mass is 385 g/mol. The van der Waals surface area contributed by atoms with Gasteiger partial charge in [-0.05, 0) is 55.0 Å². The van der Waals surface area contributed by atoms with Crippen LogP contribution in [0.1, 0.15) is 44.6 Å². The van der Waals surface area contributed by atoms with Crippen molar-refractivity contribution in [3.8, 4) is 5.75 Å². The van der Waals surface area contributed by atoms with Crippen LogP contribution in [0.25, 0.3) is 0 Å². The van der Waals surface area contributed by atoms with Gasteiger partial charge in [0.15, 0.2) is 0 Å². The first-order valence-corrected chi connectivity index (χ1v) is 9.07. The third-order valence-corrected chi connectivity index (χ3v) is 5.41. The van der Waals surface area contributed by atoms with Crippen LogP contribution in [0.3, 0.4) is 0 Å². The average Bonchev–Trinajstić information content (AvgIpc) is 3.03. The Morgan fingerprint density at radius 3 is 2.58 bits per heavy atom. The van der Waals surface area contributed by atoms with Crippen LogP contribution in [0.4, 0.5) is 13.2 Å². The molecule has 0 fully saturated rings. The number of benzene rings is 1. The van der Waals surface area contributed by atoms with Gasteiger partial charge in [-0.1, -0.05) is 12.1 Å². The van der Waals surface area contributed by atoms with Crippen molar-refractivity contribution in [1.82, 2.24) is 5.32 Å². The van der Waals surface area contributed by atoms with Crippen molar-refractivity contribution in [3.63, 3.8) is 0 Å². The summed E-state index contributed by atoms with van der Waals surface area (Å²) in [6, 6.07) is 6.83. The lowest BCUT2D eigenvalue weighted by atomic mass is 9.99. The van der Waals surface area contributed by atoms with E-state index in [4.69, 9.17) is 0 Å². The van der Waals surface area contributed by atoms with E-state index in [-0.39, 0.29) is 18.2 Å². The van der Waals surface area contributed by atoms with E-state index in [1.807, 2.05) is 6.07 Å². The third-order valence-electron chi connectivity index (χ3n) is 4.17. The van der Waals surface area contributed by atoms with E-state index in [9.17, 15) is 23.1 Å². The number of carbonyl (C=O) groups is 1. The van der Waals surface area contributed by atoms with E-state index >= 15 is 0 Å². The number of hydrogen-bond donors (Lipinski definition) is 2. The number of hydrogen-bond acceptors (Lipinski definition) is 4. The van der Waals surface area contributed by atoms with Crippen LogP contribution >= 0.6 is 11.3 Å². The molecular weight excluding hydrogens is 367 g/mol. The number of rotatable bonds is 5. The largest absolute Gasteiger partial charge is 0.573 e. The molecule has 2 aromatic rings. The summed E-state index contributed by atoms with van der Waals surface area (Å²) in [6.07, 6.45) is -1.50. The van der Waals surface area contributed by atoms with Crippen molar-refractivity contribution in [2.75, 3.05) is 6.54 Å². The zero-order valence-electron chi connectivity index (χ0n) is 13.8. The van der Waals surface area contributed by atoms with Gasteiger partial charge >= 0.3 is 6.36 Å². The first-order valence-electron chi connectivity index (χ1n) is 8.25. The number of aryl methyl sites for hydroxylation is 2. The minimum absolute atomic E-state index is 0.0269. The first-order chi connectivity index (χ1) is 12.3. The molecule has 1 aromatic carbocycles. The summed E-state index contributed by atoms with van der Waals surface area (Å²) in [5.41, 5.74) is 1.62. The second-order valence-corrected chi connectivity index (χ2v) is 7.25. The van der Waals surface area contributed by atoms with Crippen LogP contribution in [-0.2, 0) is 12.8 Å². The Labute approximate surface area is 152 Å². The molecule has 1 aliphatic carbocycles. The fourth-order valence-corrected chi connectivity index (χ4v) is 4.06. The summed E-state index contributed by atoms with van der Waals surface area (Å²) in [7, 11) is 0. The zero-order valence-corrected chi connectivity index (χ0v) is 14.6. The van der Waals surface area contributed by atoms with Crippen LogP contribution in [0.5, 0.6) is 5.75 Å². The van der Waals surface area contributed by atoms with Crippen molar-refractivity contribution in [2.45, 2.75) is 38.1 Å². The van der Waals surface area contributed by atoms with Crippen molar-refractivity contribution in [3.05, 3.63) is 51.2 Å². The lowest BCUT2D eigenvalue weighted by Gasteiger charge is -2.13. The van der Waals surface area contributed by atoms with Crippen LogP contribution < -0.4 is 10.1 Å². The molecule has 1 heterocycles. The fourth-order valence-electron chi connectivity index (χ4n) is 2.89. The molecule has 1 atom stereocenters. The second kappa shape index (κ2) is 7.67. The number of fused-ring (bicyclic) bond motifs is 1. The number of thiophene rings is 1. The normalized spacial score (nSPS) is 15.2. The highest BCUT2D eigenvalue weighted by Crippen LogP contribution is 2.29. The first kappa shape index (κ1) is 18.7. The van der Waals surface area contributed by atoms with Gasteiger partial charge in [0, 0.05) is 11.4 Å². The summed E-state index contributed by atoms with van der Waals surface area (Å²) in [6.45, 7) is -0.0269. The smallest absolute Gasteiger partial charge is 0.406 e. The molecular formula is C18H18F3NO3S. The van der Waals surface area contributed by atoms with Crippen molar-refractivity contribution in [1.29, 1.82) is 0 Å². The van der Waals surface area contributed by atoms with E-state index in [2.05, 4.69) is 10.1 Å². The molecule has 1 unspecified atom stereocenters. The van der Waals surface area contributed by atoms with E-state index in [1.54, 1.807) is 0 Å². The summed E-state index contributed by atoms with van der Waals surface area (Å²) >= 11 is 1.48. The van der Waals surface area contributed by atoms with Gasteiger partial charge in [0.1, 0.15) is 5.75 Å². The van der Waals surface area contributed by atoms with Gasteiger partial charge in [-0.2, -0.15) is 0 Å². The molecule has 4 nitrogen and oxygen atoms in total. The zero-order chi connectivity index (χ0) is 18.7. The molecule has 8 heteroatoms. The van der Waals surface area contributed by atoms with Crippen LogP contribution in [0.15, 0.2) is 30.3 Å². The van der Waals surface area contributed by atoms with Gasteiger partial charge in [-0.25, -0.2) is 0 Å². The van der Waals surface area contributed by atoms with E-state index in [0.717, 1.165) is 37.8 Å². The second-order valence-electron chi connectivity index (χ2n) is 6.11. The lowest BCUT2D eigenvalue weighted by Crippen LogP contribution is -2.27. The highest BCUT2D eigenvalue weighted by atomic mass is 32.1. The summed E-state index contributed by atoms with van der Waals surface area (Å²) in [5, 5.41) is 12.8. The SMILES string of the molecule is O=C(NCC(O)c1ccc(OC(F)(F)F)cc1)c1cc2c(s1)CCCC2. The number of alkyl halides is 3. The Hall–Kier alpha value is -2.06. The van der Waals surface area contributed by atoms with Gasteiger partial charge in [-0.3, -0.25) is 4.79 Å². The molecule has 140 valence electrons. The molecule has 0 spiro atoms. The van der Waals surface area contributed by atoms with Gasteiger partial charge < -0.3 is 15.2 Å². The van der Waals surface area contributed by atoms with Gasteiger partial charge in [0.05, 0.1) is 11.0 Å². The van der Waals surface area contributed by atoms with E-state index < -0.39 is 12.5 Å². The Balaban J connectivity index is 1.55. The molecule has 1 aliphatic rings. The molecule has 0 bridgehead atoms. The van der Waals surface area contributed by atoms with Crippen LogP contribution in [0.2, 0.25) is 0 Å². The molecule has 0 radical (unpaired) electrons. The van der Waals surface area contributed by atoms with Gasteiger partial charge in [0.25, 0.3) is 5.91 Å². The molecule has 1 amide bonds. The number of amides is 1. The average molecular weight is 385 g/mol. The molecule has 0 saturated heterocycles. The maximum absolute atomic E-state index is 12.3. The lowest BCUT2D eigenvalue weighted by molar-refractivity contribution is -0.274. The molecule has 1 aromatic heterocycles. The van der Waals surface area contributed by atoms with Crippen molar-refractivity contribution < 1.29 is 27.8 Å². The minimum Gasteiger partial charge on any atom is -0.406 e. The van der Waals surface area contributed by atoms with Crippen molar-refractivity contribution in [2.24, 2.45) is 0 Å². The number of ether oxygens (including phenoxy) is 1. The molecule has 0 saturated carbocycles. The number of aliphatic hydroxyl groups excluding tert-OH is 1. The van der Waals surface area contributed by atoms with E-state index in [1.165, 1.54) is 33.9 Å². The summed E-state index contributed by atoms with van der Waals surface area (Å²) in [5.74, 6) is -0.609. The number of nitrogens with one attached hydrogen (secondary N) is 1. The topological polar surface area (TPSA) is 58.6 Å². The molecule has 26 heavy (non-hydrogen) atoms. The highest BCUT2D eigenvalue weighted by Gasteiger charge is 2.31. The number of halogens is 3. The number of aliphatic hydroxyl groups is 1. The molecule has 0 aliphatic heterocycles. The molecule has 3 rings (SSSR count). The van der Waals surface area contributed by atoms with E-state index in [0.29, 0.717) is 10.4 Å². The number of carbonyl (C=O) groups excluding carboxylic acids is 1. The Morgan fingerprint density at radius 1 is 1.23 bits per heavy atom. The molecule has 2 N–H and O–H groups in total. The van der Waals surface area contributed by atoms with Crippen LogP contribution in [0, 0.1) is 0 Å². The Kier molecular flexibility index (Phi) is 5.52. The summed E-state index contributed by atoms with van der Waals surface area (Å²) in [4.78, 5) is 14.1. The quantitative estimate of drug-likeness (QED) is 0.818. The van der Waals surface area contributed by atoms with Gasteiger partial charge in [-0.15, -0.1) is 24.5 Å². The van der Waals surface area contributed by atoms with Gasteiger partial charge in [0.2, 0.25) is 0 Å². The third kappa shape index (κ3) is 4.76. The predicted molar refractivity (Wildman–Crippen MR) is 91.4 cm³/mol. The standard InChI is InChI=1S/C18H18F3NO3S/c19-18(20,21)25-13-7-5-11(6-8-13)14(23)10-22-17(24)16-9-12-3-1-2-4-15(12)26-16/h5-9,14,23H,1-4,10H2,(H,22,24). The summed E-state index contributed by atoms with van der Waals surface area (Å²) < 4.78 is 40.2.